The number of benzene rings is 1. The van der Waals surface area contributed by atoms with Crippen LogP contribution in [-0.4, -0.2) is 26.9 Å². The summed E-state index contributed by atoms with van der Waals surface area (Å²) >= 11 is 3.58. The molecule has 0 radical (unpaired) electrons. The zero-order valence-electron chi connectivity index (χ0n) is 12.1. The smallest absolute Gasteiger partial charge is 0.140 e. The average molecular weight is 357 g/mol. The van der Waals surface area contributed by atoms with E-state index < -0.39 is 0 Å². The molecule has 0 aliphatic rings. The first kappa shape index (κ1) is 13.3. The summed E-state index contributed by atoms with van der Waals surface area (Å²) in [7, 11) is 3.61. The van der Waals surface area contributed by atoms with Gasteiger partial charge in [0.2, 0.25) is 0 Å². The summed E-state index contributed by atoms with van der Waals surface area (Å²) < 4.78 is 8.10. The quantitative estimate of drug-likeness (QED) is 0.592. The largest absolute Gasteiger partial charge is 0.497 e. The molecule has 0 saturated heterocycles. The highest BCUT2D eigenvalue weighted by molar-refractivity contribution is 9.10. The molecule has 0 saturated carbocycles. The predicted molar refractivity (Wildman–Crippen MR) is 90.1 cm³/mol. The number of hydrogen-bond acceptors (Lipinski definition) is 3. The molecule has 4 rings (SSSR count). The first-order valence-corrected chi connectivity index (χ1v) is 7.61. The van der Waals surface area contributed by atoms with Gasteiger partial charge in [0, 0.05) is 34.9 Å². The molecule has 0 aliphatic carbocycles. The van der Waals surface area contributed by atoms with Crippen molar-refractivity contribution in [2.45, 2.75) is 0 Å². The minimum atomic E-state index is 0.831. The Balaban J connectivity index is 2.02. The van der Waals surface area contributed by atoms with Gasteiger partial charge in [0.1, 0.15) is 17.1 Å². The molecule has 1 N–H and O–H groups in total. The normalized spacial score (nSPS) is 11.4. The van der Waals surface area contributed by atoms with Crippen molar-refractivity contribution < 1.29 is 4.74 Å². The highest BCUT2D eigenvalue weighted by Crippen LogP contribution is 2.34. The summed E-state index contributed by atoms with van der Waals surface area (Å²) in [5.41, 5.74) is 3.87. The van der Waals surface area contributed by atoms with Gasteiger partial charge >= 0.3 is 0 Å². The number of pyridine rings is 1. The van der Waals surface area contributed by atoms with E-state index in [4.69, 9.17) is 4.74 Å². The lowest BCUT2D eigenvalue weighted by molar-refractivity contribution is 0.415. The van der Waals surface area contributed by atoms with Gasteiger partial charge in [0.15, 0.2) is 0 Å². The van der Waals surface area contributed by atoms with Crippen LogP contribution < -0.4 is 4.74 Å². The Bertz CT molecular complexity index is 985. The van der Waals surface area contributed by atoms with Crippen molar-refractivity contribution in [3.05, 3.63) is 41.1 Å². The van der Waals surface area contributed by atoms with Crippen molar-refractivity contribution in [1.82, 2.24) is 19.7 Å². The minimum Gasteiger partial charge on any atom is -0.497 e. The second kappa shape index (κ2) is 4.84. The third kappa shape index (κ3) is 1.84. The van der Waals surface area contributed by atoms with Crippen molar-refractivity contribution in [3.63, 3.8) is 0 Å². The molecule has 3 heterocycles. The zero-order valence-corrected chi connectivity index (χ0v) is 13.7. The molecule has 6 heteroatoms. The molecule has 0 atom stereocenters. The molecular formula is C16H13BrN4O. The number of halogens is 1. The number of hydrogen-bond donors (Lipinski definition) is 1. The van der Waals surface area contributed by atoms with E-state index >= 15 is 0 Å². The van der Waals surface area contributed by atoms with Gasteiger partial charge in [-0.05, 0) is 40.2 Å². The number of nitrogens with zero attached hydrogens (tertiary/aromatic N) is 3. The topological polar surface area (TPSA) is 55.7 Å². The summed E-state index contributed by atoms with van der Waals surface area (Å²) in [5.74, 6) is 0.831. The number of fused-ring (bicyclic) bond motifs is 3. The van der Waals surface area contributed by atoms with E-state index in [1.807, 2.05) is 48.4 Å². The molecule has 4 aromatic rings. The van der Waals surface area contributed by atoms with Crippen LogP contribution in [0.1, 0.15) is 0 Å². The number of aryl methyl sites for hydroxylation is 1. The molecule has 1 aromatic carbocycles. The Labute approximate surface area is 135 Å². The van der Waals surface area contributed by atoms with Crippen LogP contribution in [0.15, 0.2) is 41.1 Å². The first-order chi connectivity index (χ1) is 10.7. The van der Waals surface area contributed by atoms with Gasteiger partial charge in [-0.2, -0.15) is 5.10 Å². The minimum absolute atomic E-state index is 0.831. The highest BCUT2D eigenvalue weighted by atomic mass is 79.9. The maximum absolute atomic E-state index is 5.21. The van der Waals surface area contributed by atoms with Crippen LogP contribution in [0.5, 0.6) is 5.75 Å². The van der Waals surface area contributed by atoms with Gasteiger partial charge in [0.25, 0.3) is 0 Å². The molecule has 0 bridgehead atoms. The molecule has 0 spiro atoms. The molecule has 22 heavy (non-hydrogen) atoms. The number of aromatic nitrogens is 4. The van der Waals surface area contributed by atoms with Crippen molar-refractivity contribution in [2.75, 3.05) is 7.11 Å². The molecule has 3 aromatic heterocycles. The second-order valence-electron chi connectivity index (χ2n) is 5.08. The van der Waals surface area contributed by atoms with E-state index in [0.717, 1.165) is 43.4 Å². The monoisotopic (exact) mass is 356 g/mol. The van der Waals surface area contributed by atoms with Crippen LogP contribution in [0.25, 0.3) is 33.2 Å². The predicted octanol–water partition coefficient (Wildman–Crippen LogP) is 3.89. The van der Waals surface area contributed by atoms with Crippen LogP contribution in [0.2, 0.25) is 0 Å². The number of ether oxygens (including phenoxy) is 1. The lowest BCUT2D eigenvalue weighted by Crippen LogP contribution is -1.91. The van der Waals surface area contributed by atoms with Crippen LogP contribution in [0, 0.1) is 0 Å². The van der Waals surface area contributed by atoms with Crippen LogP contribution >= 0.6 is 15.9 Å². The van der Waals surface area contributed by atoms with E-state index in [1.165, 1.54) is 0 Å². The number of methoxy groups -OCH3 is 1. The zero-order chi connectivity index (χ0) is 15.3. The summed E-state index contributed by atoms with van der Waals surface area (Å²) in [4.78, 5) is 7.66. The first-order valence-electron chi connectivity index (χ1n) is 6.81. The Morgan fingerprint density at radius 2 is 2.00 bits per heavy atom. The number of H-pyrrole nitrogens is 1. The molecule has 0 amide bonds. The molecule has 0 aliphatic heterocycles. The lowest BCUT2D eigenvalue weighted by atomic mass is 10.1. The van der Waals surface area contributed by atoms with Crippen LogP contribution in [0.3, 0.4) is 0 Å². The van der Waals surface area contributed by atoms with E-state index in [-0.39, 0.29) is 0 Å². The Kier molecular flexibility index (Phi) is 2.94. The third-order valence-electron chi connectivity index (χ3n) is 3.82. The van der Waals surface area contributed by atoms with Crippen LogP contribution in [-0.2, 0) is 7.05 Å². The maximum Gasteiger partial charge on any atom is 0.140 e. The van der Waals surface area contributed by atoms with E-state index in [2.05, 4.69) is 31.0 Å². The molecular weight excluding hydrogens is 344 g/mol. The summed E-state index contributed by atoms with van der Waals surface area (Å²) in [5, 5.41) is 6.76. The molecule has 0 unspecified atom stereocenters. The van der Waals surface area contributed by atoms with Crippen molar-refractivity contribution in [1.29, 1.82) is 0 Å². The van der Waals surface area contributed by atoms with Gasteiger partial charge in [-0.15, -0.1) is 0 Å². The van der Waals surface area contributed by atoms with Crippen molar-refractivity contribution in [3.8, 4) is 17.0 Å². The average Bonchev–Trinajstić information content (AvgIpc) is 3.08. The van der Waals surface area contributed by atoms with Gasteiger partial charge in [-0.3, -0.25) is 4.68 Å². The van der Waals surface area contributed by atoms with Gasteiger partial charge in [-0.25, -0.2) is 4.98 Å². The fraction of sp³-hybridized carbons (Fsp3) is 0.125. The fourth-order valence-corrected chi connectivity index (χ4v) is 3.26. The summed E-state index contributed by atoms with van der Waals surface area (Å²) in [6, 6.07) is 7.90. The summed E-state index contributed by atoms with van der Waals surface area (Å²) in [6.07, 6.45) is 3.77. The van der Waals surface area contributed by atoms with Crippen molar-refractivity contribution >= 4 is 37.9 Å². The lowest BCUT2D eigenvalue weighted by Gasteiger charge is -2.01. The van der Waals surface area contributed by atoms with Crippen molar-refractivity contribution in [2.24, 2.45) is 7.05 Å². The van der Waals surface area contributed by atoms with Gasteiger partial charge < -0.3 is 9.72 Å². The molecule has 5 nitrogen and oxygen atoms in total. The van der Waals surface area contributed by atoms with Gasteiger partial charge in [-0.1, -0.05) is 0 Å². The number of aromatic amines is 1. The number of rotatable bonds is 2. The van der Waals surface area contributed by atoms with E-state index in [1.54, 1.807) is 7.11 Å². The standard InChI is InChI=1S/C16H13BrN4O/c1-21-15-11(7-18-16-13(15)12(17)8-19-16)14(20-21)9-3-5-10(22-2)6-4-9/h3-8H,1-2H3,(H,18,19). The third-order valence-corrected chi connectivity index (χ3v) is 4.44. The Morgan fingerprint density at radius 3 is 2.73 bits per heavy atom. The Morgan fingerprint density at radius 1 is 1.23 bits per heavy atom. The van der Waals surface area contributed by atoms with E-state index in [0.29, 0.717) is 0 Å². The van der Waals surface area contributed by atoms with Gasteiger partial charge in [0.05, 0.1) is 18.0 Å². The summed E-state index contributed by atoms with van der Waals surface area (Å²) in [6.45, 7) is 0. The molecule has 0 fully saturated rings. The second-order valence-corrected chi connectivity index (χ2v) is 5.94. The maximum atomic E-state index is 5.21. The highest BCUT2D eigenvalue weighted by Gasteiger charge is 2.16. The van der Waals surface area contributed by atoms with E-state index in [9.17, 15) is 0 Å². The molecule has 110 valence electrons. The SMILES string of the molecule is COc1ccc(-c2nn(C)c3c2cnc2[nH]cc(Br)c23)cc1. The number of nitrogens with one attached hydrogen (secondary N) is 1. The van der Waals surface area contributed by atoms with Crippen LogP contribution in [0.4, 0.5) is 0 Å². The fourth-order valence-electron chi connectivity index (χ4n) is 2.77. The Hall–Kier alpha value is -2.34.